The summed E-state index contributed by atoms with van der Waals surface area (Å²) in [5.74, 6) is -1.86. The molecule has 8 nitrogen and oxygen atoms in total. The lowest BCUT2D eigenvalue weighted by molar-refractivity contribution is -0.144. The summed E-state index contributed by atoms with van der Waals surface area (Å²) in [6.45, 7) is 1.39. The van der Waals surface area contributed by atoms with E-state index in [0.717, 1.165) is 15.4 Å². The van der Waals surface area contributed by atoms with Crippen LogP contribution < -0.4 is 5.56 Å². The Balaban J connectivity index is 1.64. The largest absolute Gasteiger partial charge is 0.335 e. The second kappa shape index (κ2) is 7.14. The minimum Gasteiger partial charge on any atom is -0.269 e. The van der Waals surface area contributed by atoms with Gasteiger partial charge >= 0.3 is 17.8 Å². The van der Waals surface area contributed by atoms with Gasteiger partial charge in [0, 0.05) is 12.3 Å². The fourth-order valence-corrected chi connectivity index (χ4v) is 3.41. The molecule has 1 fully saturated rings. The number of carbonyl (C=O) groups excluding carboxylic acids is 3. The summed E-state index contributed by atoms with van der Waals surface area (Å²) < 4.78 is 1.26. The first kappa shape index (κ1) is 18.8. The summed E-state index contributed by atoms with van der Waals surface area (Å²) in [7, 11) is 0. The topological polar surface area (TPSA) is 92.1 Å². The molecule has 3 aromatic rings. The van der Waals surface area contributed by atoms with Gasteiger partial charge in [-0.15, -0.1) is 0 Å². The molecule has 0 radical (unpaired) electrons. The van der Waals surface area contributed by atoms with Crippen LogP contribution in [0.5, 0.6) is 0 Å². The molecular weight excluding hydrogens is 396 g/mol. The molecule has 1 aromatic carbocycles. The van der Waals surface area contributed by atoms with Crippen LogP contribution in [-0.2, 0) is 16.1 Å². The number of aromatic nitrogens is 2. The van der Waals surface area contributed by atoms with E-state index in [0.29, 0.717) is 10.7 Å². The van der Waals surface area contributed by atoms with Gasteiger partial charge in [0.2, 0.25) is 0 Å². The third-order valence-corrected chi connectivity index (χ3v) is 4.97. The first-order valence-electron chi connectivity index (χ1n) is 8.78. The van der Waals surface area contributed by atoms with Crippen LogP contribution in [0.3, 0.4) is 0 Å². The number of urea groups is 1. The minimum absolute atomic E-state index is 0.195. The van der Waals surface area contributed by atoms with Gasteiger partial charge in [0.05, 0.1) is 23.3 Å². The number of amides is 4. The van der Waals surface area contributed by atoms with E-state index in [1.807, 2.05) is 6.07 Å². The number of imide groups is 2. The van der Waals surface area contributed by atoms with Crippen molar-refractivity contribution in [3.05, 3.63) is 81.4 Å². The number of fused-ring (bicyclic) bond motifs is 1. The van der Waals surface area contributed by atoms with Gasteiger partial charge in [0.15, 0.2) is 0 Å². The number of halogens is 1. The molecule has 9 heteroatoms. The maximum atomic E-state index is 12.8. The molecule has 0 bridgehead atoms. The number of hydrogen-bond donors (Lipinski definition) is 0. The van der Waals surface area contributed by atoms with Crippen molar-refractivity contribution < 1.29 is 14.4 Å². The van der Waals surface area contributed by atoms with E-state index in [2.05, 4.69) is 4.98 Å². The fourth-order valence-electron chi connectivity index (χ4n) is 3.25. The molecule has 1 aliphatic rings. The second-order valence-corrected chi connectivity index (χ2v) is 7.03. The van der Waals surface area contributed by atoms with Gasteiger partial charge in [0.1, 0.15) is 5.65 Å². The van der Waals surface area contributed by atoms with Crippen LogP contribution in [0.2, 0.25) is 5.02 Å². The monoisotopic (exact) mass is 410 g/mol. The Morgan fingerprint density at radius 2 is 1.72 bits per heavy atom. The number of carbonyl (C=O) groups is 3. The smallest absolute Gasteiger partial charge is 0.269 e. The third-order valence-electron chi connectivity index (χ3n) is 4.75. The normalized spacial score (nSPS) is 15.4. The van der Waals surface area contributed by atoms with Gasteiger partial charge in [-0.3, -0.25) is 18.8 Å². The second-order valence-electron chi connectivity index (χ2n) is 6.60. The maximum absolute atomic E-state index is 12.8. The first-order valence-corrected chi connectivity index (χ1v) is 9.16. The zero-order chi connectivity index (χ0) is 20.7. The Bertz CT molecular complexity index is 1210. The van der Waals surface area contributed by atoms with Crippen LogP contribution >= 0.6 is 11.6 Å². The number of nitrogens with zero attached hydrogens (tertiary/aromatic N) is 4. The zero-order valence-corrected chi connectivity index (χ0v) is 16.0. The van der Waals surface area contributed by atoms with Gasteiger partial charge in [-0.25, -0.2) is 19.6 Å². The van der Waals surface area contributed by atoms with Crippen molar-refractivity contribution in [3.63, 3.8) is 0 Å². The maximum Gasteiger partial charge on any atom is 0.335 e. The summed E-state index contributed by atoms with van der Waals surface area (Å²) in [6, 6.07) is 11.9. The Morgan fingerprint density at radius 1 is 1.00 bits per heavy atom. The molecule has 146 valence electrons. The number of benzene rings is 1. The van der Waals surface area contributed by atoms with Crippen molar-refractivity contribution in [3.8, 4) is 0 Å². The highest BCUT2D eigenvalue weighted by Crippen LogP contribution is 2.26. The standard InChI is InChI=1S/C20H15ClN4O4/c1-12(13-5-3-2-4-6-13)25-19(28)18(27)24(20(25)29)11-15-9-17(26)23-10-14(21)7-8-16(23)22-15/h2-10,12H,11H2,1H3. The highest BCUT2D eigenvalue weighted by molar-refractivity contribution is 6.44. The highest BCUT2D eigenvalue weighted by atomic mass is 35.5. The molecule has 0 aliphatic carbocycles. The van der Waals surface area contributed by atoms with E-state index in [4.69, 9.17) is 11.6 Å². The van der Waals surface area contributed by atoms with E-state index in [-0.39, 0.29) is 12.2 Å². The molecule has 3 heterocycles. The van der Waals surface area contributed by atoms with Crippen LogP contribution in [0, 0.1) is 0 Å². The summed E-state index contributed by atoms with van der Waals surface area (Å²) >= 11 is 5.89. The number of hydrogen-bond acceptors (Lipinski definition) is 5. The van der Waals surface area contributed by atoms with Crippen LogP contribution in [0.1, 0.15) is 24.2 Å². The predicted octanol–water partition coefficient (Wildman–Crippen LogP) is 2.40. The van der Waals surface area contributed by atoms with Crippen molar-refractivity contribution in [1.82, 2.24) is 19.2 Å². The average molecular weight is 411 g/mol. The van der Waals surface area contributed by atoms with Crippen LogP contribution in [-0.4, -0.2) is 37.0 Å². The molecule has 1 atom stereocenters. The molecule has 0 N–H and O–H groups in total. The summed E-state index contributed by atoms with van der Waals surface area (Å²) in [5, 5.41) is 0.371. The van der Waals surface area contributed by atoms with E-state index in [1.54, 1.807) is 43.3 Å². The van der Waals surface area contributed by atoms with Gasteiger partial charge in [-0.2, -0.15) is 0 Å². The quantitative estimate of drug-likeness (QED) is 0.486. The fraction of sp³-hybridized carbons (Fsp3) is 0.150. The first-order chi connectivity index (χ1) is 13.9. The molecule has 4 amide bonds. The molecule has 4 rings (SSSR count). The van der Waals surface area contributed by atoms with Crippen molar-refractivity contribution in [1.29, 1.82) is 0 Å². The SMILES string of the molecule is CC(c1ccccc1)N1C(=O)C(=O)N(Cc2cc(=O)n3cc(Cl)ccc3n2)C1=O. The highest BCUT2D eigenvalue weighted by Gasteiger charge is 2.47. The average Bonchev–Trinajstić information content (AvgIpc) is 2.92. The van der Waals surface area contributed by atoms with Gasteiger partial charge in [0.25, 0.3) is 5.56 Å². The van der Waals surface area contributed by atoms with Gasteiger partial charge in [-0.1, -0.05) is 41.9 Å². The van der Waals surface area contributed by atoms with E-state index < -0.39 is 29.4 Å². The lowest BCUT2D eigenvalue weighted by atomic mass is 10.1. The van der Waals surface area contributed by atoms with Gasteiger partial charge < -0.3 is 0 Å². The molecule has 0 saturated carbocycles. The van der Waals surface area contributed by atoms with Crippen molar-refractivity contribution in [2.24, 2.45) is 0 Å². The Kier molecular flexibility index (Phi) is 4.63. The zero-order valence-electron chi connectivity index (χ0n) is 15.3. The summed E-state index contributed by atoms with van der Waals surface area (Å²) in [4.78, 5) is 56.0. The molecule has 29 heavy (non-hydrogen) atoms. The minimum atomic E-state index is -0.948. The molecular formula is C20H15ClN4O4. The third kappa shape index (κ3) is 3.27. The lowest BCUT2D eigenvalue weighted by Crippen LogP contribution is -2.35. The van der Waals surface area contributed by atoms with Crippen LogP contribution in [0.15, 0.2) is 59.5 Å². The molecule has 0 spiro atoms. The molecule has 1 aliphatic heterocycles. The molecule has 1 saturated heterocycles. The lowest BCUT2D eigenvalue weighted by Gasteiger charge is -2.22. The Labute approximate surface area is 169 Å². The number of pyridine rings is 1. The predicted molar refractivity (Wildman–Crippen MR) is 104 cm³/mol. The van der Waals surface area contributed by atoms with E-state index in [9.17, 15) is 19.2 Å². The van der Waals surface area contributed by atoms with Crippen LogP contribution in [0.4, 0.5) is 4.79 Å². The Morgan fingerprint density at radius 3 is 2.45 bits per heavy atom. The van der Waals surface area contributed by atoms with Crippen LogP contribution in [0.25, 0.3) is 5.65 Å². The summed E-state index contributed by atoms with van der Waals surface area (Å²) in [6.07, 6.45) is 1.43. The van der Waals surface area contributed by atoms with E-state index in [1.165, 1.54) is 16.7 Å². The van der Waals surface area contributed by atoms with Crippen molar-refractivity contribution >= 4 is 35.1 Å². The van der Waals surface area contributed by atoms with E-state index >= 15 is 0 Å². The summed E-state index contributed by atoms with van der Waals surface area (Å²) in [5.41, 5.74) is 0.827. The van der Waals surface area contributed by atoms with Gasteiger partial charge in [-0.05, 0) is 24.6 Å². The molecule has 1 unspecified atom stereocenters. The van der Waals surface area contributed by atoms with Crippen molar-refractivity contribution in [2.45, 2.75) is 19.5 Å². The number of rotatable bonds is 4. The Hall–Kier alpha value is -3.52. The van der Waals surface area contributed by atoms with Crippen molar-refractivity contribution in [2.75, 3.05) is 0 Å². The molecule has 2 aromatic heterocycles.